The van der Waals surface area contributed by atoms with Gasteiger partial charge >= 0.3 is 0 Å². The average molecular weight is 263 g/mol. The van der Waals surface area contributed by atoms with Gasteiger partial charge in [-0.25, -0.2) is 5.43 Å². The molecule has 1 N–H and O–H groups in total. The minimum Gasteiger partial charge on any atom is -0.267 e. The number of aryl methyl sites for hydroxylation is 1. The van der Waals surface area contributed by atoms with Crippen LogP contribution in [-0.4, -0.2) is 16.5 Å². The molecule has 1 amide bonds. The molecule has 19 heavy (non-hydrogen) atoms. The van der Waals surface area contributed by atoms with Crippen LogP contribution in [0.2, 0.25) is 0 Å². The summed E-state index contributed by atoms with van der Waals surface area (Å²) in [4.78, 5) is 22.0. The second-order valence-corrected chi connectivity index (χ2v) is 4.61. The molecule has 0 aliphatic heterocycles. The number of amides is 1. The number of nitrogens with one attached hydrogen (secondary N) is 1. The zero-order valence-electron chi connectivity index (χ0n) is 11.4. The Labute approximate surface area is 111 Å². The Balaban J connectivity index is 2.87. The van der Waals surface area contributed by atoms with Crippen molar-refractivity contribution in [2.75, 3.05) is 0 Å². The third kappa shape index (κ3) is 3.87. The molecule has 6 nitrogen and oxygen atoms in total. The molecule has 0 aliphatic rings. The van der Waals surface area contributed by atoms with Gasteiger partial charge in [0.25, 0.3) is 11.6 Å². The lowest BCUT2D eigenvalue weighted by Gasteiger charge is -2.05. The van der Waals surface area contributed by atoms with Crippen molar-refractivity contribution in [3.05, 3.63) is 39.4 Å². The van der Waals surface area contributed by atoms with Crippen molar-refractivity contribution in [1.29, 1.82) is 0 Å². The molecule has 0 atom stereocenters. The fraction of sp³-hybridized carbons (Fsp3) is 0.385. The minimum absolute atomic E-state index is 0.00147. The van der Waals surface area contributed by atoms with Crippen molar-refractivity contribution in [1.82, 2.24) is 5.43 Å². The van der Waals surface area contributed by atoms with E-state index in [1.807, 2.05) is 20.8 Å². The third-order valence-electron chi connectivity index (χ3n) is 2.83. The van der Waals surface area contributed by atoms with E-state index in [1.165, 1.54) is 18.2 Å². The Bertz CT molecular complexity index is 536. The van der Waals surface area contributed by atoms with Gasteiger partial charge in [0.15, 0.2) is 0 Å². The Hall–Kier alpha value is -2.24. The molecule has 0 radical (unpaired) electrons. The first kappa shape index (κ1) is 14.8. The molecule has 1 rings (SSSR count). The highest BCUT2D eigenvalue weighted by molar-refractivity contribution is 5.95. The van der Waals surface area contributed by atoms with Gasteiger partial charge in [0.05, 0.1) is 4.92 Å². The van der Waals surface area contributed by atoms with E-state index < -0.39 is 4.92 Å². The quantitative estimate of drug-likeness (QED) is 0.515. The smallest absolute Gasteiger partial charge is 0.267 e. The molecular formula is C13H17N3O3. The largest absolute Gasteiger partial charge is 0.272 e. The van der Waals surface area contributed by atoms with Gasteiger partial charge in [0, 0.05) is 22.9 Å². The number of hydrogen-bond donors (Lipinski definition) is 1. The molecule has 0 bridgehead atoms. The Kier molecular flexibility index (Phi) is 4.74. The summed E-state index contributed by atoms with van der Waals surface area (Å²) < 4.78 is 0. The number of nitro benzene ring substituents is 1. The van der Waals surface area contributed by atoms with Crippen molar-refractivity contribution >= 4 is 17.3 Å². The summed E-state index contributed by atoms with van der Waals surface area (Å²) in [6.45, 7) is 7.37. The summed E-state index contributed by atoms with van der Waals surface area (Å²) in [6, 6.07) is 4.22. The van der Waals surface area contributed by atoms with Crippen LogP contribution in [-0.2, 0) is 0 Å². The van der Waals surface area contributed by atoms with E-state index in [2.05, 4.69) is 10.5 Å². The monoisotopic (exact) mass is 263 g/mol. The van der Waals surface area contributed by atoms with Crippen LogP contribution in [0.1, 0.15) is 36.7 Å². The summed E-state index contributed by atoms with van der Waals surface area (Å²) in [5.74, 6) is -0.128. The first-order valence-electron chi connectivity index (χ1n) is 5.92. The molecule has 0 spiro atoms. The first-order chi connectivity index (χ1) is 8.82. The van der Waals surface area contributed by atoms with Gasteiger partial charge in [-0.1, -0.05) is 13.8 Å². The second-order valence-electron chi connectivity index (χ2n) is 4.61. The Morgan fingerprint density at radius 1 is 1.42 bits per heavy atom. The van der Waals surface area contributed by atoms with E-state index in [1.54, 1.807) is 6.92 Å². The second kappa shape index (κ2) is 6.08. The number of benzene rings is 1. The maximum Gasteiger partial charge on any atom is 0.272 e. The standard InChI is InChI=1S/C13H17N3O3/c1-8(2)10(4)14-15-13(17)11-5-6-12(16(18)19)9(3)7-11/h5-8H,1-4H3,(H,15,17)/b14-10+. The van der Waals surface area contributed by atoms with Crippen LogP contribution in [0.25, 0.3) is 0 Å². The molecule has 0 aromatic heterocycles. The molecular weight excluding hydrogens is 246 g/mol. The lowest BCUT2D eigenvalue weighted by Crippen LogP contribution is -2.20. The van der Waals surface area contributed by atoms with Gasteiger partial charge in [-0.3, -0.25) is 14.9 Å². The molecule has 102 valence electrons. The van der Waals surface area contributed by atoms with Gasteiger partial charge < -0.3 is 0 Å². The van der Waals surface area contributed by atoms with Gasteiger partial charge in [0.1, 0.15) is 0 Å². The van der Waals surface area contributed by atoms with Gasteiger partial charge in [0.2, 0.25) is 0 Å². The number of carbonyl (C=O) groups excluding carboxylic acids is 1. The van der Waals surface area contributed by atoms with Crippen LogP contribution in [0.3, 0.4) is 0 Å². The van der Waals surface area contributed by atoms with E-state index in [9.17, 15) is 14.9 Å². The molecule has 0 heterocycles. The number of hydrogen-bond acceptors (Lipinski definition) is 4. The van der Waals surface area contributed by atoms with Gasteiger partial charge in [-0.05, 0) is 31.9 Å². The van der Waals surface area contributed by atoms with Crippen LogP contribution in [0.4, 0.5) is 5.69 Å². The van der Waals surface area contributed by atoms with Crippen molar-refractivity contribution in [3.63, 3.8) is 0 Å². The van der Waals surface area contributed by atoms with Crippen LogP contribution >= 0.6 is 0 Å². The molecule has 0 fully saturated rings. The zero-order chi connectivity index (χ0) is 14.6. The van der Waals surface area contributed by atoms with E-state index in [0.717, 1.165) is 5.71 Å². The highest BCUT2D eigenvalue weighted by Crippen LogP contribution is 2.18. The predicted octanol–water partition coefficient (Wildman–Crippen LogP) is 2.66. The summed E-state index contributed by atoms with van der Waals surface area (Å²) in [7, 11) is 0. The summed E-state index contributed by atoms with van der Waals surface area (Å²) in [5.41, 5.74) is 4.04. The normalized spacial score (nSPS) is 11.5. The number of hydrazone groups is 1. The van der Waals surface area contributed by atoms with E-state index in [-0.39, 0.29) is 17.5 Å². The van der Waals surface area contributed by atoms with Crippen LogP contribution in [0.15, 0.2) is 23.3 Å². The first-order valence-corrected chi connectivity index (χ1v) is 5.92. The van der Waals surface area contributed by atoms with Crippen molar-refractivity contribution in [2.45, 2.75) is 27.7 Å². The lowest BCUT2D eigenvalue weighted by atomic mass is 10.1. The Morgan fingerprint density at radius 2 is 2.05 bits per heavy atom. The highest BCUT2D eigenvalue weighted by atomic mass is 16.6. The van der Waals surface area contributed by atoms with Crippen molar-refractivity contribution < 1.29 is 9.72 Å². The number of carbonyl (C=O) groups is 1. The minimum atomic E-state index is -0.474. The molecule has 1 aromatic rings. The van der Waals surface area contributed by atoms with Crippen LogP contribution < -0.4 is 5.43 Å². The summed E-state index contributed by atoms with van der Waals surface area (Å²) >= 11 is 0. The Morgan fingerprint density at radius 3 is 2.53 bits per heavy atom. The molecule has 0 unspecified atom stereocenters. The molecule has 6 heteroatoms. The maximum atomic E-state index is 11.8. The van der Waals surface area contributed by atoms with Crippen molar-refractivity contribution in [2.24, 2.45) is 11.0 Å². The SMILES string of the molecule is C/C(=N\NC(=O)c1ccc([N+](=O)[O-])c(C)c1)C(C)C. The highest BCUT2D eigenvalue weighted by Gasteiger charge is 2.13. The lowest BCUT2D eigenvalue weighted by molar-refractivity contribution is -0.385. The van der Waals surface area contributed by atoms with Gasteiger partial charge in [-0.2, -0.15) is 5.10 Å². The number of nitrogens with zero attached hydrogens (tertiary/aromatic N) is 2. The molecule has 0 saturated heterocycles. The maximum absolute atomic E-state index is 11.8. The van der Waals surface area contributed by atoms with E-state index in [0.29, 0.717) is 11.1 Å². The van der Waals surface area contributed by atoms with Crippen molar-refractivity contribution in [3.8, 4) is 0 Å². The fourth-order valence-electron chi connectivity index (χ4n) is 1.33. The average Bonchev–Trinajstić information content (AvgIpc) is 2.34. The third-order valence-corrected chi connectivity index (χ3v) is 2.83. The predicted molar refractivity (Wildman–Crippen MR) is 73.2 cm³/mol. The van der Waals surface area contributed by atoms with Crippen LogP contribution in [0.5, 0.6) is 0 Å². The fourth-order valence-corrected chi connectivity index (χ4v) is 1.33. The molecule has 1 aromatic carbocycles. The summed E-state index contributed by atoms with van der Waals surface area (Å²) in [6.07, 6.45) is 0. The topological polar surface area (TPSA) is 84.6 Å². The van der Waals surface area contributed by atoms with Crippen LogP contribution in [0, 0.1) is 23.0 Å². The number of nitro groups is 1. The molecule has 0 aliphatic carbocycles. The van der Waals surface area contributed by atoms with Gasteiger partial charge in [-0.15, -0.1) is 0 Å². The zero-order valence-corrected chi connectivity index (χ0v) is 11.4. The van der Waals surface area contributed by atoms with E-state index >= 15 is 0 Å². The molecule has 0 saturated carbocycles. The van der Waals surface area contributed by atoms with E-state index in [4.69, 9.17) is 0 Å². The summed E-state index contributed by atoms with van der Waals surface area (Å²) in [5, 5.41) is 14.6. The number of rotatable bonds is 4.